The van der Waals surface area contributed by atoms with E-state index in [1.54, 1.807) is 0 Å². The molecule has 2 rings (SSSR count). The quantitative estimate of drug-likeness (QED) is 0.931. The van der Waals surface area contributed by atoms with Gasteiger partial charge in [-0.3, -0.25) is 10.3 Å². The molecule has 0 radical (unpaired) electrons. The highest BCUT2D eigenvalue weighted by molar-refractivity contribution is 9.10. The summed E-state index contributed by atoms with van der Waals surface area (Å²) in [6.07, 6.45) is 1.81. The molecule has 0 aromatic carbocycles. The first-order valence-corrected chi connectivity index (χ1v) is 6.38. The van der Waals surface area contributed by atoms with E-state index in [0.717, 1.165) is 16.1 Å². The third kappa shape index (κ3) is 3.17. The smallest absolute Gasteiger partial charge is 0.169 e. The van der Waals surface area contributed by atoms with Crippen molar-refractivity contribution in [1.29, 1.82) is 0 Å². The normalized spacial score (nSPS) is 14.5. The molecule has 1 N–H and O–H groups in total. The molecule has 2 heterocycles. The van der Waals surface area contributed by atoms with Crippen molar-refractivity contribution in [2.24, 2.45) is 0 Å². The van der Waals surface area contributed by atoms with Gasteiger partial charge in [0.2, 0.25) is 0 Å². The Morgan fingerprint density at radius 3 is 2.59 bits per heavy atom. The van der Waals surface area contributed by atoms with Gasteiger partial charge in [0.15, 0.2) is 4.67 Å². The largest absolute Gasteiger partial charge is 0.453 e. The van der Waals surface area contributed by atoms with Gasteiger partial charge in [-0.15, -0.1) is 0 Å². The monoisotopic (exact) mass is 294 g/mol. The summed E-state index contributed by atoms with van der Waals surface area (Å²) in [7, 11) is 0. The Morgan fingerprint density at radius 2 is 2.00 bits per heavy atom. The van der Waals surface area contributed by atoms with Crippen LogP contribution in [-0.4, -0.2) is 4.98 Å². The first-order valence-electron chi connectivity index (χ1n) is 5.59. The number of pyridine rings is 1. The molecule has 3 nitrogen and oxygen atoms in total. The van der Waals surface area contributed by atoms with Gasteiger partial charge in [-0.25, -0.2) is 0 Å². The summed E-state index contributed by atoms with van der Waals surface area (Å²) in [5.41, 5.74) is 1.03. The number of furan rings is 1. The molecule has 4 heteroatoms. The maximum absolute atomic E-state index is 5.52. The Morgan fingerprint density at radius 1 is 1.18 bits per heavy atom. The molecule has 0 aliphatic heterocycles. The molecule has 2 atom stereocenters. The minimum Gasteiger partial charge on any atom is -0.453 e. The molecule has 1 unspecified atom stereocenters. The lowest BCUT2D eigenvalue weighted by molar-refractivity contribution is 0.391. The van der Waals surface area contributed by atoms with E-state index in [9.17, 15) is 0 Å². The zero-order valence-corrected chi connectivity index (χ0v) is 11.4. The minimum absolute atomic E-state index is 0.151. The van der Waals surface area contributed by atoms with Gasteiger partial charge in [-0.1, -0.05) is 6.07 Å². The highest BCUT2D eigenvalue weighted by Crippen LogP contribution is 2.22. The number of halogens is 1. The zero-order chi connectivity index (χ0) is 12.3. The van der Waals surface area contributed by atoms with Gasteiger partial charge in [0, 0.05) is 12.2 Å². The number of nitrogens with one attached hydrogen (secondary N) is 1. The van der Waals surface area contributed by atoms with Crippen LogP contribution >= 0.6 is 15.9 Å². The van der Waals surface area contributed by atoms with Crippen LogP contribution in [0.15, 0.2) is 45.6 Å². The fourth-order valence-corrected chi connectivity index (χ4v) is 2.05. The predicted octanol–water partition coefficient (Wildman–Crippen LogP) is 3.85. The predicted molar refractivity (Wildman–Crippen MR) is 70.6 cm³/mol. The summed E-state index contributed by atoms with van der Waals surface area (Å²) in [6, 6.07) is 10.1. The van der Waals surface area contributed by atoms with E-state index < -0.39 is 0 Å². The van der Waals surface area contributed by atoms with Crippen molar-refractivity contribution >= 4 is 15.9 Å². The molecule has 0 saturated heterocycles. The average molecular weight is 295 g/mol. The summed E-state index contributed by atoms with van der Waals surface area (Å²) in [6.45, 7) is 4.17. The number of aromatic nitrogens is 1. The second-order valence-corrected chi connectivity index (χ2v) is 4.79. The van der Waals surface area contributed by atoms with Crippen LogP contribution in [0.4, 0.5) is 0 Å². The zero-order valence-electron chi connectivity index (χ0n) is 9.85. The summed E-state index contributed by atoms with van der Waals surface area (Å²) in [4.78, 5) is 4.33. The van der Waals surface area contributed by atoms with E-state index in [-0.39, 0.29) is 12.1 Å². The van der Waals surface area contributed by atoms with Gasteiger partial charge >= 0.3 is 0 Å². The van der Waals surface area contributed by atoms with Crippen LogP contribution in [0.1, 0.15) is 37.4 Å². The Labute approximate surface area is 109 Å². The lowest BCUT2D eigenvalue weighted by Crippen LogP contribution is -2.22. The first kappa shape index (κ1) is 12.3. The molecule has 90 valence electrons. The summed E-state index contributed by atoms with van der Waals surface area (Å²) in [5, 5.41) is 3.45. The van der Waals surface area contributed by atoms with Crippen molar-refractivity contribution in [3.63, 3.8) is 0 Å². The van der Waals surface area contributed by atoms with E-state index >= 15 is 0 Å². The van der Waals surface area contributed by atoms with Crippen LogP contribution in [-0.2, 0) is 0 Å². The van der Waals surface area contributed by atoms with Gasteiger partial charge in [0.1, 0.15) is 5.76 Å². The van der Waals surface area contributed by atoms with Crippen molar-refractivity contribution in [3.8, 4) is 0 Å². The summed E-state index contributed by atoms with van der Waals surface area (Å²) >= 11 is 3.30. The molecule has 0 spiro atoms. The topological polar surface area (TPSA) is 38.1 Å². The number of nitrogens with zero attached hydrogens (tertiary/aromatic N) is 1. The molecule has 2 aromatic rings. The lowest BCUT2D eigenvalue weighted by Gasteiger charge is -2.17. The molecule has 0 bridgehead atoms. The molecule has 2 aromatic heterocycles. The molecule has 0 aliphatic rings. The highest BCUT2D eigenvalue weighted by atomic mass is 79.9. The molecular weight excluding hydrogens is 280 g/mol. The van der Waals surface area contributed by atoms with Gasteiger partial charge in [0.25, 0.3) is 0 Å². The molecule has 17 heavy (non-hydrogen) atoms. The van der Waals surface area contributed by atoms with Crippen LogP contribution in [0.5, 0.6) is 0 Å². The van der Waals surface area contributed by atoms with E-state index in [1.165, 1.54) is 0 Å². The Kier molecular flexibility index (Phi) is 3.97. The molecule has 0 amide bonds. The molecular formula is C13H15BrN2O. The Balaban J connectivity index is 2.02. The van der Waals surface area contributed by atoms with E-state index in [0.29, 0.717) is 0 Å². The fourth-order valence-electron chi connectivity index (χ4n) is 1.74. The standard InChI is InChI=1S/C13H15BrN2O/c1-9(11-5-3-4-8-15-11)16-10(2)12-6-7-13(14)17-12/h3-10,16H,1-2H3/t9-,10?/m1/s1. The number of rotatable bonds is 4. The van der Waals surface area contributed by atoms with E-state index in [2.05, 4.69) is 40.1 Å². The van der Waals surface area contributed by atoms with Crippen molar-refractivity contribution in [1.82, 2.24) is 10.3 Å². The maximum Gasteiger partial charge on any atom is 0.169 e. The Hall–Kier alpha value is -1.13. The van der Waals surface area contributed by atoms with Crippen LogP contribution in [0.3, 0.4) is 0 Å². The number of hydrogen-bond acceptors (Lipinski definition) is 3. The van der Waals surface area contributed by atoms with Crippen molar-refractivity contribution in [3.05, 3.63) is 52.7 Å². The number of hydrogen-bond donors (Lipinski definition) is 1. The van der Waals surface area contributed by atoms with Crippen molar-refractivity contribution < 1.29 is 4.42 Å². The van der Waals surface area contributed by atoms with Crippen LogP contribution in [0.25, 0.3) is 0 Å². The second-order valence-electron chi connectivity index (χ2n) is 4.01. The summed E-state index contributed by atoms with van der Waals surface area (Å²) in [5.74, 6) is 0.916. The van der Waals surface area contributed by atoms with Gasteiger partial charge in [-0.2, -0.15) is 0 Å². The van der Waals surface area contributed by atoms with Gasteiger partial charge in [0.05, 0.1) is 11.7 Å². The van der Waals surface area contributed by atoms with E-state index in [1.807, 2.05) is 36.5 Å². The van der Waals surface area contributed by atoms with Gasteiger partial charge in [-0.05, 0) is 54.0 Å². The van der Waals surface area contributed by atoms with Crippen molar-refractivity contribution in [2.45, 2.75) is 25.9 Å². The van der Waals surface area contributed by atoms with Crippen LogP contribution in [0, 0.1) is 0 Å². The minimum atomic E-state index is 0.151. The van der Waals surface area contributed by atoms with Crippen LogP contribution in [0.2, 0.25) is 0 Å². The average Bonchev–Trinajstić information content (AvgIpc) is 2.77. The third-order valence-electron chi connectivity index (χ3n) is 2.65. The molecule has 0 fully saturated rings. The van der Waals surface area contributed by atoms with Gasteiger partial charge < -0.3 is 4.42 Å². The SMILES string of the molecule is CC(N[C@H](C)c1ccccn1)c1ccc(Br)o1. The third-order valence-corrected chi connectivity index (χ3v) is 3.08. The van der Waals surface area contributed by atoms with Crippen molar-refractivity contribution in [2.75, 3.05) is 0 Å². The Bertz CT molecular complexity index is 469. The van der Waals surface area contributed by atoms with Crippen LogP contribution < -0.4 is 5.32 Å². The van der Waals surface area contributed by atoms with E-state index in [4.69, 9.17) is 4.42 Å². The summed E-state index contributed by atoms with van der Waals surface area (Å²) < 4.78 is 6.27. The fraction of sp³-hybridized carbons (Fsp3) is 0.308. The molecule has 0 saturated carbocycles. The molecule has 0 aliphatic carbocycles. The maximum atomic E-state index is 5.52. The highest BCUT2D eigenvalue weighted by Gasteiger charge is 2.14. The second kappa shape index (κ2) is 5.47. The first-order chi connectivity index (χ1) is 8.16. The lowest BCUT2D eigenvalue weighted by atomic mass is 10.1.